The van der Waals surface area contributed by atoms with Crippen molar-refractivity contribution in [3.05, 3.63) is 53.0 Å². The second-order valence-corrected chi connectivity index (χ2v) is 7.91. The SMILES string of the molecule is COc1ncc(-c2ccc(S(=O)(=O)Nc3ccsc3C(C)=O)cc2)cn1. The smallest absolute Gasteiger partial charge is 0.316 e. The maximum Gasteiger partial charge on any atom is 0.316 e. The van der Waals surface area contributed by atoms with Gasteiger partial charge >= 0.3 is 6.01 Å². The lowest BCUT2D eigenvalue weighted by Gasteiger charge is -2.09. The van der Waals surface area contributed by atoms with E-state index in [2.05, 4.69) is 14.7 Å². The van der Waals surface area contributed by atoms with Crippen LogP contribution in [0.1, 0.15) is 16.6 Å². The monoisotopic (exact) mass is 389 g/mol. The molecule has 2 heterocycles. The largest absolute Gasteiger partial charge is 0.467 e. The van der Waals surface area contributed by atoms with Crippen molar-refractivity contribution in [2.24, 2.45) is 0 Å². The average molecular weight is 389 g/mol. The molecule has 2 aromatic heterocycles. The van der Waals surface area contributed by atoms with Crippen LogP contribution >= 0.6 is 11.3 Å². The highest BCUT2D eigenvalue weighted by Crippen LogP contribution is 2.27. The molecule has 0 spiro atoms. The summed E-state index contributed by atoms with van der Waals surface area (Å²) < 4.78 is 32.5. The second-order valence-electron chi connectivity index (χ2n) is 5.31. The number of anilines is 1. The van der Waals surface area contributed by atoms with Crippen molar-refractivity contribution in [3.8, 4) is 17.1 Å². The van der Waals surface area contributed by atoms with Gasteiger partial charge in [0.15, 0.2) is 5.78 Å². The Hall–Kier alpha value is -2.78. The van der Waals surface area contributed by atoms with E-state index in [4.69, 9.17) is 4.74 Å². The third kappa shape index (κ3) is 3.73. The van der Waals surface area contributed by atoms with Crippen LogP contribution in [0.4, 0.5) is 5.69 Å². The van der Waals surface area contributed by atoms with Gasteiger partial charge in [0.05, 0.1) is 22.6 Å². The lowest BCUT2D eigenvalue weighted by molar-refractivity contribution is 0.102. The van der Waals surface area contributed by atoms with Crippen LogP contribution in [0.15, 0.2) is 53.0 Å². The van der Waals surface area contributed by atoms with Crippen LogP contribution in [0.2, 0.25) is 0 Å². The number of ketones is 1. The zero-order valence-electron chi connectivity index (χ0n) is 14.0. The van der Waals surface area contributed by atoms with Crippen LogP contribution in [0.25, 0.3) is 11.1 Å². The van der Waals surface area contributed by atoms with Crippen molar-refractivity contribution >= 4 is 32.8 Å². The first-order chi connectivity index (χ1) is 12.4. The Kier molecular flexibility index (Phi) is 5.01. The normalized spacial score (nSPS) is 11.2. The van der Waals surface area contributed by atoms with Crippen molar-refractivity contribution in [1.29, 1.82) is 0 Å². The summed E-state index contributed by atoms with van der Waals surface area (Å²) in [6.07, 6.45) is 3.19. The molecule has 1 aromatic carbocycles. The molecule has 26 heavy (non-hydrogen) atoms. The van der Waals surface area contributed by atoms with Gasteiger partial charge in [0.25, 0.3) is 10.0 Å². The number of methoxy groups -OCH3 is 1. The number of hydrogen-bond donors (Lipinski definition) is 1. The summed E-state index contributed by atoms with van der Waals surface area (Å²) in [4.78, 5) is 20.1. The minimum Gasteiger partial charge on any atom is -0.467 e. The van der Waals surface area contributed by atoms with E-state index >= 15 is 0 Å². The van der Waals surface area contributed by atoms with Gasteiger partial charge in [-0.15, -0.1) is 11.3 Å². The van der Waals surface area contributed by atoms with Gasteiger partial charge in [0, 0.05) is 24.9 Å². The number of aromatic nitrogens is 2. The topological polar surface area (TPSA) is 98.2 Å². The molecule has 0 unspecified atom stereocenters. The van der Waals surface area contributed by atoms with E-state index in [1.807, 2.05) is 0 Å². The summed E-state index contributed by atoms with van der Waals surface area (Å²) in [5.41, 5.74) is 1.79. The van der Waals surface area contributed by atoms with Gasteiger partial charge in [-0.2, -0.15) is 0 Å². The Morgan fingerprint density at radius 2 is 1.73 bits per heavy atom. The fraction of sp³-hybridized carbons (Fsp3) is 0.118. The van der Waals surface area contributed by atoms with Gasteiger partial charge in [-0.25, -0.2) is 18.4 Å². The zero-order valence-corrected chi connectivity index (χ0v) is 15.6. The molecule has 0 saturated carbocycles. The van der Waals surface area contributed by atoms with E-state index in [1.54, 1.807) is 36.0 Å². The molecule has 7 nitrogen and oxygen atoms in total. The second kappa shape index (κ2) is 7.22. The van der Waals surface area contributed by atoms with Gasteiger partial charge in [-0.1, -0.05) is 12.1 Å². The molecule has 0 aliphatic rings. The van der Waals surface area contributed by atoms with E-state index in [0.717, 1.165) is 11.1 Å². The number of ether oxygens (including phenoxy) is 1. The Balaban J connectivity index is 1.84. The van der Waals surface area contributed by atoms with Crippen molar-refractivity contribution < 1.29 is 17.9 Å². The molecule has 0 aliphatic carbocycles. The number of thiophene rings is 1. The Bertz CT molecular complexity index is 1030. The number of benzene rings is 1. The maximum absolute atomic E-state index is 12.5. The lowest BCUT2D eigenvalue weighted by atomic mass is 10.1. The molecule has 1 N–H and O–H groups in total. The fourth-order valence-electron chi connectivity index (χ4n) is 2.26. The maximum atomic E-state index is 12.5. The number of nitrogens with zero attached hydrogens (tertiary/aromatic N) is 2. The van der Waals surface area contributed by atoms with Crippen LogP contribution in [0.3, 0.4) is 0 Å². The van der Waals surface area contributed by atoms with Crippen LogP contribution in [-0.2, 0) is 10.0 Å². The molecular formula is C17H15N3O4S2. The molecule has 9 heteroatoms. The number of rotatable bonds is 6. The number of nitrogens with one attached hydrogen (secondary N) is 1. The van der Waals surface area contributed by atoms with Gasteiger partial charge in [0.1, 0.15) is 0 Å². The molecule has 0 aliphatic heterocycles. The summed E-state index contributed by atoms with van der Waals surface area (Å²) in [5.74, 6) is -0.187. The predicted octanol–water partition coefficient (Wildman–Crippen LogP) is 3.22. The molecule has 0 radical (unpaired) electrons. The van der Waals surface area contributed by atoms with Gasteiger partial charge in [0.2, 0.25) is 0 Å². The van der Waals surface area contributed by atoms with Crippen LogP contribution in [0.5, 0.6) is 6.01 Å². The Labute approximate surface area is 154 Å². The first-order valence-corrected chi connectivity index (χ1v) is 9.85. The number of carbonyl (C=O) groups excluding carboxylic acids is 1. The quantitative estimate of drug-likeness (QED) is 0.650. The van der Waals surface area contributed by atoms with Gasteiger partial charge in [-0.05, 0) is 29.1 Å². The van der Waals surface area contributed by atoms with Gasteiger partial charge < -0.3 is 4.74 Å². The highest BCUT2D eigenvalue weighted by Gasteiger charge is 2.18. The molecular weight excluding hydrogens is 374 g/mol. The molecule has 0 atom stereocenters. The van der Waals surface area contributed by atoms with Crippen molar-refractivity contribution in [3.63, 3.8) is 0 Å². The fourth-order valence-corrected chi connectivity index (χ4v) is 4.15. The Morgan fingerprint density at radius 1 is 1.08 bits per heavy atom. The van der Waals surface area contributed by atoms with E-state index < -0.39 is 10.0 Å². The van der Waals surface area contributed by atoms with E-state index in [9.17, 15) is 13.2 Å². The van der Waals surface area contributed by atoms with Crippen molar-refractivity contribution in [1.82, 2.24) is 9.97 Å². The van der Waals surface area contributed by atoms with E-state index in [-0.39, 0.29) is 22.4 Å². The van der Waals surface area contributed by atoms with Crippen molar-refractivity contribution in [2.75, 3.05) is 11.8 Å². The first-order valence-electron chi connectivity index (χ1n) is 7.48. The highest BCUT2D eigenvalue weighted by molar-refractivity contribution is 7.92. The summed E-state index contributed by atoms with van der Waals surface area (Å²) >= 11 is 1.20. The van der Waals surface area contributed by atoms with Crippen LogP contribution < -0.4 is 9.46 Å². The predicted molar refractivity (Wildman–Crippen MR) is 99.2 cm³/mol. The molecule has 0 saturated heterocycles. The van der Waals surface area contributed by atoms with E-state index in [1.165, 1.54) is 37.5 Å². The third-order valence-electron chi connectivity index (χ3n) is 3.54. The molecule has 3 aromatic rings. The number of sulfonamides is 1. The zero-order chi connectivity index (χ0) is 18.7. The highest BCUT2D eigenvalue weighted by atomic mass is 32.2. The van der Waals surface area contributed by atoms with Crippen LogP contribution in [-0.4, -0.2) is 31.3 Å². The number of carbonyl (C=O) groups is 1. The summed E-state index contributed by atoms with van der Waals surface area (Å²) in [6.45, 7) is 1.40. The third-order valence-corrected chi connectivity index (χ3v) is 5.93. The number of Topliss-reactive ketones (excluding diaryl/α,β-unsaturated/α-hetero) is 1. The summed E-state index contributed by atoms with van der Waals surface area (Å²) in [6, 6.07) is 8.14. The molecule has 0 amide bonds. The average Bonchev–Trinajstić information content (AvgIpc) is 3.09. The molecule has 0 bridgehead atoms. The lowest BCUT2D eigenvalue weighted by Crippen LogP contribution is -2.14. The first kappa shape index (κ1) is 18.0. The van der Waals surface area contributed by atoms with Crippen molar-refractivity contribution in [2.45, 2.75) is 11.8 Å². The summed E-state index contributed by atoms with van der Waals surface area (Å²) in [7, 11) is -2.32. The molecule has 134 valence electrons. The number of hydrogen-bond acceptors (Lipinski definition) is 7. The Morgan fingerprint density at radius 3 is 2.31 bits per heavy atom. The molecule has 3 rings (SSSR count). The summed E-state index contributed by atoms with van der Waals surface area (Å²) in [5, 5.41) is 1.67. The minimum absolute atomic E-state index is 0.0939. The minimum atomic E-state index is -3.80. The van der Waals surface area contributed by atoms with Crippen LogP contribution in [0, 0.1) is 0 Å². The van der Waals surface area contributed by atoms with Gasteiger partial charge in [-0.3, -0.25) is 9.52 Å². The van der Waals surface area contributed by atoms with E-state index in [0.29, 0.717) is 4.88 Å². The standard InChI is InChI=1S/C17H15N3O4S2/c1-11(21)16-15(7-8-25-16)20-26(22,23)14-5-3-12(4-6-14)13-9-18-17(24-2)19-10-13/h3-10,20H,1-2H3. The molecule has 0 fully saturated rings.